The molecule has 2 aromatic rings. The number of hydrogen-bond acceptors (Lipinski definition) is 2. The Kier molecular flexibility index (Phi) is 4.84. The Hall–Kier alpha value is -1.32. The van der Waals surface area contributed by atoms with E-state index in [4.69, 9.17) is 11.6 Å². The van der Waals surface area contributed by atoms with Gasteiger partial charge in [-0.05, 0) is 37.1 Å². The molecule has 1 heterocycles. The minimum atomic E-state index is 0.409. The number of aryl methyl sites for hydroxylation is 1. The van der Waals surface area contributed by atoms with Crippen LogP contribution in [0.2, 0.25) is 5.02 Å². The van der Waals surface area contributed by atoms with Crippen molar-refractivity contribution in [3.8, 4) is 5.69 Å². The van der Waals surface area contributed by atoms with Gasteiger partial charge in [0, 0.05) is 17.1 Å². The van der Waals surface area contributed by atoms with Gasteiger partial charge in [-0.25, -0.2) is 4.68 Å². The fraction of sp³-hybridized carbons (Fsp3) is 0.438. The van der Waals surface area contributed by atoms with E-state index in [1.807, 2.05) is 29.9 Å². The van der Waals surface area contributed by atoms with Gasteiger partial charge >= 0.3 is 0 Å². The number of nitrogens with one attached hydrogen (secondary N) is 1. The Bertz CT molecular complexity index is 587. The molecule has 0 unspecified atom stereocenters. The minimum Gasteiger partial charge on any atom is -0.313 e. The molecule has 2 rings (SSSR count). The second kappa shape index (κ2) is 6.42. The van der Waals surface area contributed by atoms with Crippen molar-refractivity contribution in [1.29, 1.82) is 0 Å². The van der Waals surface area contributed by atoms with Crippen LogP contribution in [0, 0.1) is 6.92 Å². The van der Waals surface area contributed by atoms with Gasteiger partial charge in [0.1, 0.15) is 0 Å². The third-order valence-electron chi connectivity index (χ3n) is 3.40. The molecule has 20 heavy (non-hydrogen) atoms. The van der Waals surface area contributed by atoms with Crippen molar-refractivity contribution in [3.05, 3.63) is 46.2 Å². The van der Waals surface area contributed by atoms with Crippen LogP contribution < -0.4 is 5.32 Å². The zero-order valence-electron chi connectivity index (χ0n) is 12.6. The molecule has 0 radical (unpaired) electrons. The fourth-order valence-electron chi connectivity index (χ4n) is 2.32. The van der Waals surface area contributed by atoms with Crippen molar-refractivity contribution < 1.29 is 0 Å². The summed E-state index contributed by atoms with van der Waals surface area (Å²) in [6, 6.07) is 6.08. The minimum absolute atomic E-state index is 0.409. The van der Waals surface area contributed by atoms with E-state index < -0.39 is 0 Å². The molecule has 3 nitrogen and oxygen atoms in total. The Morgan fingerprint density at radius 1 is 1.35 bits per heavy atom. The standard InChI is InChI=1S/C16H22ClN3/c1-5-18-9-13-10-19-20(16(13)11(2)3)14-7-6-12(4)15(17)8-14/h6-8,10-11,18H,5,9H2,1-4H3. The third-order valence-corrected chi connectivity index (χ3v) is 3.81. The SMILES string of the molecule is CCNCc1cnn(-c2ccc(C)c(Cl)c2)c1C(C)C. The largest absolute Gasteiger partial charge is 0.313 e. The van der Waals surface area contributed by atoms with E-state index in [-0.39, 0.29) is 0 Å². The molecule has 0 aliphatic heterocycles. The predicted molar refractivity (Wildman–Crippen MR) is 84.8 cm³/mol. The molecule has 1 N–H and O–H groups in total. The first-order valence-electron chi connectivity index (χ1n) is 7.08. The third kappa shape index (κ3) is 3.05. The Balaban J connectivity index is 2.45. The quantitative estimate of drug-likeness (QED) is 0.900. The Morgan fingerprint density at radius 2 is 2.10 bits per heavy atom. The lowest BCUT2D eigenvalue weighted by molar-refractivity contribution is 0.689. The molecule has 108 valence electrons. The molecule has 0 saturated heterocycles. The molecule has 0 atom stereocenters. The number of rotatable bonds is 5. The summed E-state index contributed by atoms with van der Waals surface area (Å²) in [5.41, 5.74) is 4.60. The maximum Gasteiger partial charge on any atom is 0.0664 e. The second-order valence-electron chi connectivity index (χ2n) is 5.34. The van der Waals surface area contributed by atoms with E-state index in [0.29, 0.717) is 5.92 Å². The summed E-state index contributed by atoms with van der Waals surface area (Å²) in [6.07, 6.45) is 1.95. The number of nitrogens with zero attached hydrogens (tertiary/aromatic N) is 2. The van der Waals surface area contributed by atoms with E-state index in [9.17, 15) is 0 Å². The maximum absolute atomic E-state index is 6.23. The molecule has 0 fully saturated rings. The number of aromatic nitrogens is 2. The molecule has 0 aliphatic carbocycles. The zero-order chi connectivity index (χ0) is 14.7. The molecular weight excluding hydrogens is 270 g/mol. The summed E-state index contributed by atoms with van der Waals surface area (Å²) in [6.45, 7) is 10.3. The predicted octanol–water partition coefficient (Wildman–Crippen LogP) is 4.07. The van der Waals surface area contributed by atoms with Crippen LogP contribution in [0.3, 0.4) is 0 Å². The van der Waals surface area contributed by atoms with Crippen molar-refractivity contribution >= 4 is 11.6 Å². The van der Waals surface area contributed by atoms with E-state index in [1.165, 1.54) is 11.3 Å². The van der Waals surface area contributed by atoms with Gasteiger partial charge in [-0.3, -0.25) is 0 Å². The summed E-state index contributed by atoms with van der Waals surface area (Å²) in [7, 11) is 0. The van der Waals surface area contributed by atoms with Crippen molar-refractivity contribution in [1.82, 2.24) is 15.1 Å². The van der Waals surface area contributed by atoms with Gasteiger partial charge in [0.15, 0.2) is 0 Å². The molecule has 1 aromatic heterocycles. The van der Waals surface area contributed by atoms with Crippen LogP contribution in [0.4, 0.5) is 0 Å². The molecule has 1 aromatic carbocycles. The van der Waals surface area contributed by atoms with E-state index in [2.05, 4.69) is 37.3 Å². The first-order chi connectivity index (χ1) is 9.54. The fourth-order valence-corrected chi connectivity index (χ4v) is 2.50. The lowest BCUT2D eigenvalue weighted by Gasteiger charge is -2.14. The number of halogens is 1. The molecule has 4 heteroatoms. The van der Waals surface area contributed by atoms with Gasteiger partial charge in [-0.1, -0.05) is 38.4 Å². The number of hydrogen-bond donors (Lipinski definition) is 1. The Labute approximate surface area is 126 Å². The first-order valence-corrected chi connectivity index (χ1v) is 7.46. The van der Waals surface area contributed by atoms with Gasteiger partial charge in [-0.2, -0.15) is 5.10 Å². The average Bonchev–Trinajstić information content (AvgIpc) is 2.83. The normalized spacial score (nSPS) is 11.3. The lowest BCUT2D eigenvalue weighted by Crippen LogP contribution is -2.14. The highest BCUT2D eigenvalue weighted by atomic mass is 35.5. The van der Waals surface area contributed by atoms with Crippen LogP contribution >= 0.6 is 11.6 Å². The Morgan fingerprint density at radius 3 is 2.70 bits per heavy atom. The molecule has 0 amide bonds. The summed E-state index contributed by atoms with van der Waals surface area (Å²) in [5, 5.41) is 8.69. The summed E-state index contributed by atoms with van der Waals surface area (Å²) in [5.74, 6) is 0.409. The first kappa shape index (κ1) is 15.1. The highest BCUT2D eigenvalue weighted by Gasteiger charge is 2.15. The maximum atomic E-state index is 6.23. The van der Waals surface area contributed by atoms with Crippen molar-refractivity contribution in [2.75, 3.05) is 6.54 Å². The topological polar surface area (TPSA) is 29.9 Å². The van der Waals surface area contributed by atoms with Crippen LogP contribution in [-0.2, 0) is 6.54 Å². The molecule has 0 bridgehead atoms. The van der Waals surface area contributed by atoms with Crippen LogP contribution in [0.1, 0.15) is 43.5 Å². The monoisotopic (exact) mass is 291 g/mol. The smallest absolute Gasteiger partial charge is 0.0664 e. The van der Waals surface area contributed by atoms with Gasteiger partial charge in [0.25, 0.3) is 0 Å². The van der Waals surface area contributed by atoms with Gasteiger partial charge < -0.3 is 5.32 Å². The number of benzene rings is 1. The van der Waals surface area contributed by atoms with E-state index in [0.717, 1.165) is 29.4 Å². The van der Waals surface area contributed by atoms with E-state index >= 15 is 0 Å². The lowest BCUT2D eigenvalue weighted by atomic mass is 10.1. The molecular formula is C16H22ClN3. The molecule has 0 spiro atoms. The van der Waals surface area contributed by atoms with Crippen molar-refractivity contribution in [2.24, 2.45) is 0 Å². The summed E-state index contributed by atoms with van der Waals surface area (Å²) in [4.78, 5) is 0. The van der Waals surface area contributed by atoms with Crippen molar-refractivity contribution in [3.63, 3.8) is 0 Å². The summed E-state index contributed by atoms with van der Waals surface area (Å²) < 4.78 is 2.00. The van der Waals surface area contributed by atoms with Gasteiger partial charge in [-0.15, -0.1) is 0 Å². The van der Waals surface area contributed by atoms with E-state index in [1.54, 1.807) is 0 Å². The van der Waals surface area contributed by atoms with Crippen LogP contribution in [0.15, 0.2) is 24.4 Å². The highest BCUT2D eigenvalue weighted by Crippen LogP contribution is 2.25. The van der Waals surface area contributed by atoms with Gasteiger partial charge in [0.2, 0.25) is 0 Å². The summed E-state index contributed by atoms with van der Waals surface area (Å²) >= 11 is 6.23. The van der Waals surface area contributed by atoms with Gasteiger partial charge in [0.05, 0.1) is 17.6 Å². The highest BCUT2D eigenvalue weighted by molar-refractivity contribution is 6.31. The van der Waals surface area contributed by atoms with Crippen molar-refractivity contribution in [2.45, 2.75) is 40.2 Å². The zero-order valence-corrected chi connectivity index (χ0v) is 13.3. The average molecular weight is 292 g/mol. The van der Waals surface area contributed by atoms with Crippen LogP contribution in [0.25, 0.3) is 5.69 Å². The second-order valence-corrected chi connectivity index (χ2v) is 5.74. The molecule has 0 saturated carbocycles. The molecule has 0 aliphatic rings. The van der Waals surface area contributed by atoms with Crippen LogP contribution in [-0.4, -0.2) is 16.3 Å². The van der Waals surface area contributed by atoms with Crippen LogP contribution in [0.5, 0.6) is 0 Å².